The van der Waals surface area contributed by atoms with Gasteiger partial charge in [0.15, 0.2) is 0 Å². The Hall–Kier alpha value is -0.550. The zero-order valence-corrected chi connectivity index (χ0v) is 10.2. The number of carbonyl (C=O) groups is 2. The first-order valence-corrected chi connectivity index (χ1v) is 6.39. The molecule has 0 aromatic carbocycles. The van der Waals surface area contributed by atoms with Gasteiger partial charge in [0, 0.05) is 25.1 Å². The summed E-state index contributed by atoms with van der Waals surface area (Å²) >= 11 is 1.65. The largest absolute Gasteiger partial charge is 0.379 e. The third kappa shape index (κ3) is 11.4. The Morgan fingerprint density at radius 2 is 2.00 bits per heavy atom. The number of hydrogen-bond acceptors (Lipinski definition) is 4. The highest BCUT2D eigenvalue weighted by Gasteiger charge is 1.99. The summed E-state index contributed by atoms with van der Waals surface area (Å²) < 4.78 is 5.16. The molecule has 0 unspecified atom stereocenters. The van der Waals surface area contributed by atoms with Crippen molar-refractivity contribution in [2.75, 3.05) is 31.8 Å². The number of ketones is 1. The lowest BCUT2D eigenvalue weighted by molar-refractivity contribution is -0.121. The summed E-state index contributed by atoms with van der Waals surface area (Å²) in [6.45, 7) is 2.97. The lowest BCUT2D eigenvalue weighted by Gasteiger charge is -2.05. The molecule has 0 spiro atoms. The predicted molar refractivity (Wildman–Crippen MR) is 62.1 cm³/mol. The summed E-state index contributed by atoms with van der Waals surface area (Å²) in [7, 11) is 0. The molecule has 0 aliphatic carbocycles. The molecule has 0 rings (SSSR count). The minimum atomic E-state index is 0.0551. The number of Topliss-reactive ketones (excluding diaryl/α,β-unsaturated/α-hetero) is 1. The van der Waals surface area contributed by atoms with E-state index in [2.05, 4.69) is 5.32 Å². The Morgan fingerprint density at radius 1 is 1.27 bits per heavy atom. The van der Waals surface area contributed by atoms with E-state index in [1.165, 1.54) is 6.92 Å². The van der Waals surface area contributed by atoms with Crippen LogP contribution in [0.2, 0.25) is 0 Å². The molecule has 0 fully saturated rings. The average molecular weight is 233 g/mol. The lowest BCUT2D eigenvalue weighted by Crippen LogP contribution is -2.27. The Kier molecular flexibility index (Phi) is 9.62. The van der Waals surface area contributed by atoms with Crippen LogP contribution in [0, 0.1) is 0 Å². The minimum absolute atomic E-state index is 0.0551. The third-order valence-corrected chi connectivity index (χ3v) is 2.31. The standard InChI is InChI=1S/C10H19NO3S/c1-9(12)3-6-14-7-5-11-10(13)4-8-15-2/h3-8H2,1-2H3,(H,11,13). The highest BCUT2D eigenvalue weighted by Crippen LogP contribution is 1.94. The van der Waals surface area contributed by atoms with E-state index in [1.807, 2.05) is 6.26 Å². The van der Waals surface area contributed by atoms with Crippen LogP contribution in [0.25, 0.3) is 0 Å². The molecule has 0 saturated carbocycles. The summed E-state index contributed by atoms with van der Waals surface area (Å²) in [6.07, 6.45) is 2.97. The Labute approximate surface area is 95.1 Å². The topological polar surface area (TPSA) is 55.4 Å². The normalized spacial score (nSPS) is 10.0. The van der Waals surface area contributed by atoms with E-state index in [9.17, 15) is 9.59 Å². The molecule has 4 nitrogen and oxygen atoms in total. The van der Waals surface area contributed by atoms with Crippen LogP contribution in [-0.4, -0.2) is 43.5 Å². The van der Waals surface area contributed by atoms with Gasteiger partial charge in [0.2, 0.25) is 5.91 Å². The summed E-state index contributed by atoms with van der Waals surface area (Å²) in [6, 6.07) is 0. The number of rotatable bonds is 9. The van der Waals surface area contributed by atoms with Crippen molar-refractivity contribution in [1.82, 2.24) is 5.32 Å². The van der Waals surface area contributed by atoms with E-state index >= 15 is 0 Å². The molecule has 0 aliphatic heterocycles. The number of amides is 1. The zero-order valence-electron chi connectivity index (χ0n) is 9.38. The van der Waals surface area contributed by atoms with Crippen molar-refractivity contribution in [3.8, 4) is 0 Å². The van der Waals surface area contributed by atoms with Crippen LogP contribution in [0.4, 0.5) is 0 Å². The second-order valence-electron chi connectivity index (χ2n) is 3.16. The molecule has 88 valence electrons. The maximum Gasteiger partial charge on any atom is 0.220 e. The van der Waals surface area contributed by atoms with Gasteiger partial charge in [-0.3, -0.25) is 9.59 Å². The number of ether oxygens (including phenoxy) is 1. The molecule has 5 heteroatoms. The highest BCUT2D eigenvalue weighted by molar-refractivity contribution is 7.98. The van der Waals surface area contributed by atoms with Gasteiger partial charge in [-0.05, 0) is 13.2 Å². The van der Waals surface area contributed by atoms with Crippen LogP contribution in [0.1, 0.15) is 19.8 Å². The van der Waals surface area contributed by atoms with E-state index in [-0.39, 0.29) is 11.7 Å². The van der Waals surface area contributed by atoms with E-state index in [0.29, 0.717) is 32.6 Å². The van der Waals surface area contributed by atoms with Gasteiger partial charge >= 0.3 is 0 Å². The van der Waals surface area contributed by atoms with Gasteiger partial charge in [-0.25, -0.2) is 0 Å². The van der Waals surface area contributed by atoms with E-state index in [0.717, 1.165) is 5.75 Å². The molecule has 0 heterocycles. The second-order valence-corrected chi connectivity index (χ2v) is 4.14. The molecule has 0 aromatic rings. The van der Waals surface area contributed by atoms with Crippen LogP contribution < -0.4 is 5.32 Å². The minimum Gasteiger partial charge on any atom is -0.379 e. The number of thioether (sulfide) groups is 1. The van der Waals surface area contributed by atoms with E-state index < -0.39 is 0 Å². The van der Waals surface area contributed by atoms with Crippen molar-refractivity contribution in [3.05, 3.63) is 0 Å². The first-order chi connectivity index (χ1) is 7.16. The van der Waals surface area contributed by atoms with Crippen LogP contribution in [0.3, 0.4) is 0 Å². The van der Waals surface area contributed by atoms with E-state index in [1.54, 1.807) is 11.8 Å². The Morgan fingerprint density at radius 3 is 2.60 bits per heavy atom. The van der Waals surface area contributed by atoms with Gasteiger partial charge in [0.25, 0.3) is 0 Å². The SMILES string of the molecule is CSCCC(=O)NCCOCCC(C)=O. The summed E-state index contributed by atoms with van der Waals surface area (Å²) in [5, 5.41) is 2.74. The molecule has 0 aromatic heterocycles. The quantitative estimate of drug-likeness (QED) is 0.600. The molecule has 1 amide bonds. The van der Waals surface area contributed by atoms with Crippen molar-refractivity contribution in [3.63, 3.8) is 0 Å². The van der Waals surface area contributed by atoms with Gasteiger partial charge in [-0.1, -0.05) is 0 Å². The molecule has 0 radical (unpaired) electrons. The molecule has 0 bridgehead atoms. The van der Waals surface area contributed by atoms with Gasteiger partial charge in [0.05, 0.1) is 13.2 Å². The molecular formula is C10H19NO3S. The maximum atomic E-state index is 11.1. The summed E-state index contributed by atoms with van der Waals surface area (Å²) in [4.78, 5) is 21.7. The predicted octanol–water partition coefficient (Wildman–Crippen LogP) is 0.851. The number of nitrogens with one attached hydrogen (secondary N) is 1. The van der Waals surface area contributed by atoms with E-state index in [4.69, 9.17) is 4.74 Å². The smallest absolute Gasteiger partial charge is 0.220 e. The first kappa shape index (κ1) is 14.5. The van der Waals surface area contributed by atoms with Crippen LogP contribution in [0.15, 0.2) is 0 Å². The molecule has 15 heavy (non-hydrogen) atoms. The highest BCUT2D eigenvalue weighted by atomic mass is 32.2. The van der Waals surface area contributed by atoms with Crippen molar-refractivity contribution in [1.29, 1.82) is 0 Å². The van der Waals surface area contributed by atoms with Crippen molar-refractivity contribution >= 4 is 23.5 Å². The van der Waals surface area contributed by atoms with Crippen LogP contribution in [0.5, 0.6) is 0 Å². The second kappa shape index (κ2) is 9.98. The summed E-state index contributed by atoms with van der Waals surface area (Å²) in [5.41, 5.74) is 0. The number of hydrogen-bond donors (Lipinski definition) is 1. The third-order valence-electron chi connectivity index (χ3n) is 1.70. The Bertz CT molecular complexity index is 197. The van der Waals surface area contributed by atoms with Crippen molar-refractivity contribution in [2.24, 2.45) is 0 Å². The fourth-order valence-electron chi connectivity index (χ4n) is 0.864. The average Bonchev–Trinajstić information content (AvgIpc) is 2.19. The fourth-order valence-corrected chi connectivity index (χ4v) is 1.25. The zero-order chi connectivity index (χ0) is 11.5. The van der Waals surface area contributed by atoms with Crippen LogP contribution in [-0.2, 0) is 14.3 Å². The monoisotopic (exact) mass is 233 g/mol. The molecule has 0 aliphatic rings. The van der Waals surface area contributed by atoms with Gasteiger partial charge in [0.1, 0.15) is 5.78 Å². The molecule has 0 atom stereocenters. The van der Waals surface area contributed by atoms with Gasteiger partial charge in [-0.15, -0.1) is 0 Å². The Balaban J connectivity index is 3.16. The summed E-state index contributed by atoms with van der Waals surface area (Å²) in [5.74, 6) is 1.02. The lowest BCUT2D eigenvalue weighted by atomic mass is 10.3. The van der Waals surface area contributed by atoms with Gasteiger partial charge in [-0.2, -0.15) is 11.8 Å². The maximum absolute atomic E-state index is 11.1. The van der Waals surface area contributed by atoms with Gasteiger partial charge < -0.3 is 10.1 Å². The fraction of sp³-hybridized carbons (Fsp3) is 0.800. The number of carbonyl (C=O) groups excluding carboxylic acids is 2. The van der Waals surface area contributed by atoms with Crippen molar-refractivity contribution in [2.45, 2.75) is 19.8 Å². The first-order valence-electron chi connectivity index (χ1n) is 4.99. The molecular weight excluding hydrogens is 214 g/mol. The molecule has 1 N–H and O–H groups in total. The van der Waals surface area contributed by atoms with Crippen molar-refractivity contribution < 1.29 is 14.3 Å². The molecule has 0 saturated heterocycles. The van der Waals surface area contributed by atoms with Crippen LogP contribution >= 0.6 is 11.8 Å².